The molecule has 0 heterocycles. The third kappa shape index (κ3) is 5.59. The van der Waals surface area contributed by atoms with Crippen LogP contribution in [-0.4, -0.2) is 11.7 Å². The maximum absolute atomic E-state index is 5.89. The summed E-state index contributed by atoms with van der Waals surface area (Å²) in [6, 6.07) is 0. The van der Waals surface area contributed by atoms with Gasteiger partial charge < -0.3 is 4.74 Å². The molecule has 0 aliphatic heterocycles. The highest BCUT2D eigenvalue weighted by molar-refractivity contribution is 4.67. The first-order chi connectivity index (χ1) is 5.52. The molecule has 0 bridgehead atoms. The molecule has 0 saturated heterocycles. The van der Waals surface area contributed by atoms with E-state index in [1.54, 1.807) is 0 Å². The third-order valence-electron chi connectivity index (χ3n) is 2.34. The minimum Gasteiger partial charge on any atom is -0.373 e. The van der Waals surface area contributed by atoms with Crippen LogP contribution in [0, 0.1) is 0 Å². The summed E-state index contributed by atoms with van der Waals surface area (Å²) in [5.41, 5.74) is 0.0627. The van der Waals surface area contributed by atoms with E-state index in [0.717, 1.165) is 6.42 Å². The summed E-state index contributed by atoms with van der Waals surface area (Å²) in [5.74, 6) is 0. The summed E-state index contributed by atoms with van der Waals surface area (Å²) in [4.78, 5) is 0. The van der Waals surface area contributed by atoms with E-state index in [2.05, 4.69) is 34.6 Å². The van der Waals surface area contributed by atoms with E-state index in [1.807, 2.05) is 0 Å². The first-order valence-electron chi connectivity index (χ1n) is 5.19. The fourth-order valence-corrected chi connectivity index (χ4v) is 1.18. The highest BCUT2D eigenvalue weighted by Crippen LogP contribution is 2.18. The van der Waals surface area contributed by atoms with E-state index in [1.165, 1.54) is 19.3 Å². The van der Waals surface area contributed by atoms with Gasteiger partial charge in [0.1, 0.15) is 0 Å². The zero-order valence-corrected chi connectivity index (χ0v) is 9.31. The monoisotopic (exact) mass is 172 g/mol. The fraction of sp³-hybridized carbons (Fsp3) is 1.00. The second-order valence-corrected chi connectivity index (χ2v) is 4.18. The Morgan fingerprint density at radius 2 is 1.83 bits per heavy atom. The van der Waals surface area contributed by atoms with E-state index in [0.29, 0.717) is 6.10 Å². The molecule has 1 nitrogen and oxygen atoms in total. The van der Waals surface area contributed by atoms with Crippen molar-refractivity contribution in [3.05, 3.63) is 0 Å². The van der Waals surface area contributed by atoms with Crippen LogP contribution in [0.5, 0.6) is 0 Å². The molecular weight excluding hydrogens is 148 g/mol. The Morgan fingerprint density at radius 3 is 2.25 bits per heavy atom. The maximum atomic E-state index is 5.89. The van der Waals surface area contributed by atoms with E-state index >= 15 is 0 Å². The van der Waals surface area contributed by atoms with Gasteiger partial charge in [-0.3, -0.25) is 0 Å². The summed E-state index contributed by atoms with van der Waals surface area (Å²) in [5, 5.41) is 0. The molecule has 0 rings (SSSR count). The number of hydrogen-bond acceptors (Lipinski definition) is 1. The SMILES string of the molecule is CCCC[C@H](C)OC(C)(C)CC. The average molecular weight is 172 g/mol. The number of unbranched alkanes of at least 4 members (excludes halogenated alkanes) is 1. The molecule has 1 heteroatoms. The molecule has 0 aromatic rings. The lowest BCUT2D eigenvalue weighted by Gasteiger charge is -2.28. The van der Waals surface area contributed by atoms with Crippen molar-refractivity contribution in [3.63, 3.8) is 0 Å². The molecule has 0 N–H and O–H groups in total. The van der Waals surface area contributed by atoms with Crippen molar-refractivity contribution in [1.29, 1.82) is 0 Å². The van der Waals surface area contributed by atoms with Crippen molar-refractivity contribution in [2.75, 3.05) is 0 Å². The lowest BCUT2D eigenvalue weighted by Crippen LogP contribution is -2.28. The van der Waals surface area contributed by atoms with Crippen LogP contribution in [0.2, 0.25) is 0 Å². The minimum atomic E-state index is 0.0627. The predicted octanol–water partition coefficient (Wildman–Crippen LogP) is 3.77. The van der Waals surface area contributed by atoms with E-state index in [9.17, 15) is 0 Å². The standard InChI is InChI=1S/C11H24O/c1-6-8-9-10(3)12-11(4,5)7-2/h10H,6-9H2,1-5H3/t10-/m0/s1. The lowest BCUT2D eigenvalue weighted by molar-refractivity contribution is -0.0687. The van der Waals surface area contributed by atoms with Gasteiger partial charge in [-0.2, -0.15) is 0 Å². The van der Waals surface area contributed by atoms with Gasteiger partial charge in [0.15, 0.2) is 0 Å². The van der Waals surface area contributed by atoms with Crippen LogP contribution < -0.4 is 0 Å². The molecule has 0 fully saturated rings. The second-order valence-electron chi connectivity index (χ2n) is 4.18. The van der Waals surface area contributed by atoms with Gasteiger partial charge in [-0.15, -0.1) is 0 Å². The molecule has 74 valence electrons. The first kappa shape index (κ1) is 12.0. The molecule has 1 atom stereocenters. The molecular formula is C11H24O. The Labute approximate surface area is 77.5 Å². The van der Waals surface area contributed by atoms with Crippen molar-refractivity contribution in [3.8, 4) is 0 Å². The Hall–Kier alpha value is -0.0400. The molecule has 0 saturated carbocycles. The van der Waals surface area contributed by atoms with Gasteiger partial charge in [-0.05, 0) is 33.6 Å². The van der Waals surface area contributed by atoms with Crippen molar-refractivity contribution < 1.29 is 4.74 Å². The smallest absolute Gasteiger partial charge is 0.0627 e. The van der Waals surface area contributed by atoms with Crippen molar-refractivity contribution in [1.82, 2.24) is 0 Å². The average Bonchev–Trinajstić information content (AvgIpc) is 2.00. The van der Waals surface area contributed by atoms with E-state index < -0.39 is 0 Å². The number of ether oxygens (including phenoxy) is 1. The molecule has 0 aromatic carbocycles. The second kappa shape index (κ2) is 5.58. The number of rotatable bonds is 6. The van der Waals surface area contributed by atoms with Crippen LogP contribution in [0.15, 0.2) is 0 Å². The molecule has 0 unspecified atom stereocenters. The number of hydrogen-bond donors (Lipinski definition) is 0. The van der Waals surface area contributed by atoms with Crippen LogP contribution in [0.3, 0.4) is 0 Å². The fourth-order valence-electron chi connectivity index (χ4n) is 1.18. The van der Waals surface area contributed by atoms with Gasteiger partial charge in [-0.25, -0.2) is 0 Å². The minimum absolute atomic E-state index is 0.0627. The molecule has 0 aromatic heterocycles. The molecule has 0 aliphatic rings. The van der Waals surface area contributed by atoms with Crippen LogP contribution in [0.4, 0.5) is 0 Å². The Bertz CT molecular complexity index is 108. The van der Waals surface area contributed by atoms with Crippen molar-refractivity contribution in [2.24, 2.45) is 0 Å². The molecule has 0 amide bonds. The Morgan fingerprint density at radius 1 is 1.25 bits per heavy atom. The summed E-state index contributed by atoms with van der Waals surface area (Å²) < 4.78 is 5.89. The first-order valence-corrected chi connectivity index (χ1v) is 5.19. The van der Waals surface area contributed by atoms with Gasteiger partial charge in [0.2, 0.25) is 0 Å². The Balaban J connectivity index is 3.60. The van der Waals surface area contributed by atoms with Gasteiger partial charge in [0, 0.05) is 0 Å². The van der Waals surface area contributed by atoms with Gasteiger partial charge >= 0.3 is 0 Å². The van der Waals surface area contributed by atoms with Crippen LogP contribution in [-0.2, 0) is 4.74 Å². The summed E-state index contributed by atoms with van der Waals surface area (Å²) in [6.07, 6.45) is 5.24. The lowest BCUT2D eigenvalue weighted by atomic mass is 10.1. The summed E-state index contributed by atoms with van der Waals surface area (Å²) in [7, 11) is 0. The van der Waals surface area contributed by atoms with Crippen molar-refractivity contribution in [2.45, 2.75) is 72.0 Å². The highest BCUT2D eigenvalue weighted by Gasteiger charge is 2.18. The normalized spacial score (nSPS) is 14.8. The molecule has 0 radical (unpaired) electrons. The zero-order valence-electron chi connectivity index (χ0n) is 9.31. The molecule has 0 aliphatic carbocycles. The van der Waals surface area contributed by atoms with E-state index in [-0.39, 0.29) is 5.60 Å². The molecule has 12 heavy (non-hydrogen) atoms. The zero-order chi connectivity index (χ0) is 9.61. The van der Waals surface area contributed by atoms with Crippen molar-refractivity contribution >= 4 is 0 Å². The van der Waals surface area contributed by atoms with E-state index in [4.69, 9.17) is 4.74 Å². The van der Waals surface area contributed by atoms with Crippen LogP contribution in [0.1, 0.15) is 60.3 Å². The van der Waals surface area contributed by atoms with Gasteiger partial charge in [-0.1, -0.05) is 26.7 Å². The molecule has 0 spiro atoms. The highest BCUT2D eigenvalue weighted by atomic mass is 16.5. The van der Waals surface area contributed by atoms with Crippen LogP contribution >= 0.6 is 0 Å². The largest absolute Gasteiger partial charge is 0.373 e. The predicted molar refractivity (Wildman–Crippen MR) is 54.4 cm³/mol. The Kier molecular flexibility index (Phi) is 5.56. The summed E-state index contributed by atoms with van der Waals surface area (Å²) in [6.45, 7) is 10.9. The quantitative estimate of drug-likeness (QED) is 0.592. The summed E-state index contributed by atoms with van der Waals surface area (Å²) >= 11 is 0. The van der Waals surface area contributed by atoms with Gasteiger partial charge in [0.25, 0.3) is 0 Å². The topological polar surface area (TPSA) is 9.23 Å². The maximum Gasteiger partial charge on any atom is 0.0627 e. The third-order valence-corrected chi connectivity index (χ3v) is 2.34. The van der Waals surface area contributed by atoms with Crippen LogP contribution in [0.25, 0.3) is 0 Å². The van der Waals surface area contributed by atoms with Gasteiger partial charge in [0.05, 0.1) is 11.7 Å².